The van der Waals surface area contributed by atoms with Crippen LogP contribution in [0.4, 0.5) is 0 Å². The van der Waals surface area contributed by atoms with Crippen LogP contribution in [0.5, 0.6) is 0 Å². The zero-order chi connectivity index (χ0) is 16.9. The van der Waals surface area contributed by atoms with Crippen molar-refractivity contribution in [2.24, 2.45) is 7.05 Å². The maximum Gasteiger partial charge on any atom is 0.254 e. The first kappa shape index (κ1) is 15.7. The smallest absolute Gasteiger partial charge is 0.254 e. The van der Waals surface area contributed by atoms with Crippen molar-refractivity contribution in [1.29, 1.82) is 0 Å². The number of hydrogen-bond acceptors (Lipinski definition) is 3. The van der Waals surface area contributed by atoms with Gasteiger partial charge in [0.1, 0.15) is 11.4 Å². The SMILES string of the molecule is Cn1ccnc1C1(O)C[C@@H]2CC[C@@H](C1)N2C(=O)c1ccc(Cl)cc1. The number of fused-ring (bicyclic) bond motifs is 2. The van der Waals surface area contributed by atoms with Crippen molar-refractivity contribution in [1.82, 2.24) is 14.5 Å². The Morgan fingerprint density at radius 1 is 1.25 bits per heavy atom. The third-order valence-electron chi connectivity index (χ3n) is 5.33. The van der Waals surface area contributed by atoms with Gasteiger partial charge in [0.2, 0.25) is 0 Å². The number of aryl methyl sites for hydroxylation is 1. The summed E-state index contributed by atoms with van der Waals surface area (Å²) in [5, 5.41) is 11.8. The van der Waals surface area contributed by atoms with Crippen molar-refractivity contribution >= 4 is 17.5 Å². The number of amides is 1. The maximum absolute atomic E-state index is 12.9. The van der Waals surface area contributed by atoms with Crippen molar-refractivity contribution < 1.29 is 9.90 Å². The van der Waals surface area contributed by atoms with Gasteiger partial charge in [-0.15, -0.1) is 0 Å². The molecule has 0 radical (unpaired) electrons. The highest BCUT2D eigenvalue weighted by Crippen LogP contribution is 2.45. The van der Waals surface area contributed by atoms with Crippen LogP contribution in [0.2, 0.25) is 5.02 Å². The fraction of sp³-hybridized carbons (Fsp3) is 0.444. The number of rotatable bonds is 2. The van der Waals surface area contributed by atoms with Crippen molar-refractivity contribution in [3.63, 3.8) is 0 Å². The van der Waals surface area contributed by atoms with Gasteiger partial charge >= 0.3 is 0 Å². The number of aromatic nitrogens is 2. The van der Waals surface area contributed by atoms with E-state index in [1.54, 1.807) is 30.5 Å². The lowest BCUT2D eigenvalue weighted by Crippen LogP contribution is -2.52. The second-order valence-electron chi connectivity index (χ2n) is 6.91. The van der Waals surface area contributed by atoms with Crippen LogP contribution in [0, 0.1) is 0 Å². The van der Waals surface area contributed by atoms with Crippen LogP contribution < -0.4 is 0 Å². The molecule has 2 fully saturated rings. The van der Waals surface area contributed by atoms with E-state index in [2.05, 4.69) is 4.98 Å². The first-order valence-electron chi connectivity index (χ1n) is 8.26. The van der Waals surface area contributed by atoms with E-state index in [-0.39, 0.29) is 18.0 Å². The van der Waals surface area contributed by atoms with E-state index < -0.39 is 5.60 Å². The molecule has 1 aromatic heterocycles. The second-order valence-corrected chi connectivity index (χ2v) is 7.34. The Morgan fingerprint density at radius 3 is 2.42 bits per heavy atom. The summed E-state index contributed by atoms with van der Waals surface area (Å²) < 4.78 is 1.87. The maximum atomic E-state index is 12.9. The predicted octanol–water partition coefficient (Wildman–Crippen LogP) is 2.73. The lowest BCUT2D eigenvalue weighted by Gasteiger charge is -2.43. The Hall–Kier alpha value is -1.85. The summed E-state index contributed by atoms with van der Waals surface area (Å²) in [6, 6.07) is 7.12. The summed E-state index contributed by atoms with van der Waals surface area (Å²) in [5.41, 5.74) is -0.306. The van der Waals surface area contributed by atoms with Crippen LogP contribution in [-0.4, -0.2) is 37.5 Å². The van der Waals surface area contributed by atoms with Crippen molar-refractivity contribution in [2.75, 3.05) is 0 Å². The third-order valence-corrected chi connectivity index (χ3v) is 5.58. The summed E-state index contributed by atoms with van der Waals surface area (Å²) in [4.78, 5) is 19.2. The van der Waals surface area contributed by atoms with Gasteiger partial charge in [0.05, 0.1) is 0 Å². The molecule has 5 nitrogen and oxygen atoms in total. The van der Waals surface area contributed by atoms with Crippen LogP contribution in [0.1, 0.15) is 41.9 Å². The first-order chi connectivity index (χ1) is 11.5. The largest absolute Gasteiger partial charge is 0.382 e. The van der Waals surface area contributed by atoms with E-state index in [1.165, 1.54) is 0 Å². The number of nitrogens with zero attached hydrogens (tertiary/aromatic N) is 3. The van der Waals surface area contributed by atoms with Gasteiger partial charge in [-0.1, -0.05) is 11.6 Å². The molecule has 0 spiro atoms. The molecular formula is C18H20ClN3O2. The predicted molar refractivity (Wildman–Crippen MR) is 90.8 cm³/mol. The highest BCUT2D eigenvalue weighted by Gasteiger charge is 2.51. The molecule has 6 heteroatoms. The Balaban J connectivity index is 1.60. The quantitative estimate of drug-likeness (QED) is 0.910. The average Bonchev–Trinajstić information content (AvgIpc) is 3.10. The molecule has 2 aliphatic heterocycles. The molecule has 2 aromatic rings. The summed E-state index contributed by atoms with van der Waals surface area (Å²) in [5.74, 6) is 0.721. The number of halogens is 1. The Bertz CT molecular complexity index is 757. The molecule has 2 saturated heterocycles. The topological polar surface area (TPSA) is 58.4 Å². The van der Waals surface area contributed by atoms with Gasteiger partial charge in [-0.05, 0) is 37.1 Å². The molecule has 1 aromatic carbocycles. The molecule has 0 unspecified atom stereocenters. The number of carbonyl (C=O) groups excluding carboxylic acids is 1. The molecule has 24 heavy (non-hydrogen) atoms. The minimum Gasteiger partial charge on any atom is -0.382 e. The monoisotopic (exact) mass is 345 g/mol. The van der Waals surface area contributed by atoms with Crippen molar-refractivity contribution in [3.05, 3.63) is 53.1 Å². The van der Waals surface area contributed by atoms with Crippen LogP contribution in [-0.2, 0) is 12.6 Å². The molecule has 1 N–H and O–H groups in total. The molecule has 2 atom stereocenters. The van der Waals surface area contributed by atoms with Crippen LogP contribution >= 0.6 is 11.6 Å². The van der Waals surface area contributed by atoms with Crippen LogP contribution in [0.3, 0.4) is 0 Å². The number of aliphatic hydroxyl groups is 1. The van der Waals surface area contributed by atoms with E-state index in [9.17, 15) is 9.90 Å². The summed E-state index contributed by atoms with van der Waals surface area (Å²) in [6.45, 7) is 0. The standard InChI is InChI=1S/C18H20ClN3O2/c1-21-9-8-20-17(21)18(24)10-14-6-7-15(11-18)22(14)16(23)12-2-4-13(19)5-3-12/h2-5,8-9,14-15,24H,6-7,10-11H2,1H3/t14-,15-/m0/s1. The van der Waals surface area contributed by atoms with Gasteiger partial charge in [0.25, 0.3) is 5.91 Å². The average molecular weight is 346 g/mol. The Labute approximate surface area is 145 Å². The summed E-state index contributed by atoms with van der Waals surface area (Å²) in [6.07, 6.45) is 6.48. The van der Waals surface area contributed by atoms with E-state index in [0.717, 1.165) is 12.8 Å². The fourth-order valence-electron chi connectivity index (χ4n) is 4.29. The van der Waals surface area contributed by atoms with Crippen molar-refractivity contribution in [3.8, 4) is 0 Å². The molecule has 2 bridgehead atoms. The van der Waals surface area contributed by atoms with Gasteiger partial charge in [0, 0.05) is 55.0 Å². The molecule has 2 aliphatic rings. The lowest BCUT2D eigenvalue weighted by molar-refractivity contribution is -0.0555. The normalized spacial score (nSPS) is 29.0. The number of benzene rings is 1. The Morgan fingerprint density at radius 2 is 1.88 bits per heavy atom. The number of carbonyl (C=O) groups is 1. The lowest BCUT2D eigenvalue weighted by atomic mass is 9.85. The highest BCUT2D eigenvalue weighted by molar-refractivity contribution is 6.30. The van der Waals surface area contributed by atoms with Crippen LogP contribution in [0.15, 0.2) is 36.7 Å². The summed E-state index contributed by atoms with van der Waals surface area (Å²) in [7, 11) is 1.90. The second kappa shape index (κ2) is 5.60. The zero-order valence-corrected chi connectivity index (χ0v) is 14.3. The fourth-order valence-corrected chi connectivity index (χ4v) is 4.42. The number of imidazole rings is 1. The van der Waals surface area contributed by atoms with Gasteiger partial charge < -0.3 is 14.6 Å². The molecule has 4 rings (SSSR count). The molecular weight excluding hydrogens is 326 g/mol. The first-order valence-corrected chi connectivity index (χ1v) is 8.64. The van der Waals surface area contributed by atoms with E-state index in [1.807, 2.05) is 22.7 Å². The number of piperidine rings is 1. The molecule has 0 aliphatic carbocycles. The minimum absolute atomic E-state index is 0.0288. The van der Waals surface area contributed by atoms with Gasteiger partial charge in [-0.2, -0.15) is 0 Å². The third kappa shape index (κ3) is 2.43. The van der Waals surface area contributed by atoms with Crippen molar-refractivity contribution in [2.45, 2.75) is 43.4 Å². The van der Waals surface area contributed by atoms with Crippen LogP contribution in [0.25, 0.3) is 0 Å². The summed E-state index contributed by atoms with van der Waals surface area (Å²) >= 11 is 5.91. The van der Waals surface area contributed by atoms with E-state index in [0.29, 0.717) is 29.3 Å². The molecule has 1 amide bonds. The van der Waals surface area contributed by atoms with E-state index >= 15 is 0 Å². The number of hydrogen-bond donors (Lipinski definition) is 1. The van der Waals surface area contributed by atoms with E-state index in [4.69, 9.17) is 11.6 Å². The Kier molecular flexibility index (Phi) is 3.66. The van der Waals surface area contributed by atoms with Gasteiger partial charge in [-0.3, -0.25) is 4.79 Å². The highest BCUT2D eigenvalue weighted by atomic mass is 35.5. The molecule has 3 heterocycles. The van der Waals surface area contributed by atoms with Gasteiger partial charge in [-0.25, -0.2) is 4.98 Å². The minimum atomic E-state index is -0.957. The molecule has 126 valence electrons. The zero-order valence-electron chi connectivity index (χ0n) is 13.5. The van der Waals surface area contributed by atoms with Gasteiger partial charge in [0.15, 0.2) is 0 Å². The molecule has 0 saturated carbocycles.